The van der Waals surface area contributed by atoms with Crippen LogP contribution in [0.2, 0.25) is 0 Å². The van der Waals surface area contributed by atoms with Crippen LogP contribution in [-0.2, 0) is 0 Å². The molecule has 0 spiro atoms. The summed E-state index contributed by atoms with van der Waals surface area (Å²) < 4.78 is 12.9. The minimum absolute atomic E-state index is 0.172. The Morgan fingerprint density at radius 2 is 2.36 bits per heavy atom. The summed E-state index contributed by atoms with van der Waals surface area (Å²) in [6.45, 7) is 2.51. The maximum Gasteiger partial charge on any atom is 0.125 e. The number of fused-ring (bicyclic) bond motifs is 1. The highest BCUT2D eigenvalue weighted by Crippen LogP contribution is 2.17. The Labute approximate surface area is 81.1 Å². The molecule has 0 aliphatic heterocycles. The summed E-state index contributed by atoms with van der Waals surface area (Å²) in [5.41, 5.74) is 7.02. The number of hydrogen-bond acceptors (Lipinski definition) is 2. The van der Waals surface area contributed by atoms with Gasteiger partial charge < -0.3 is 10.7 Å². The molecule has 0 radical (unpaired) electrons. The van der Waals surface area contributed by atoms with Crippen LogP contribution >= 0.6 is 0 Å². The van der Waals surface area contributed by atoms with Gasteiger partial charge in [0.2, 0.25) is 0 Å². The fourth-order valence-electron chi connectivity index (χ4n) is 1.35. The third-order valence-corrected chi connectivity index (χ3v) is 2.28. The van der Waals surface area contributed by atoms with E-state index in [-0.39, 0.29) is 11.7 Å². The van der Waals surface area contributed by atoms with Crippen molar-refractivity contribution in [3.05, 3.63) is 29.8 Å². The molecule has 2 aromatic rings. The van der Waals surface area contributed by atoms with Crippen LogP contribution in [0.3, 0.4) is 0 Å². The molecule has 1 heterocycles. The van der Waals surface area contributed by atoms with Gasteiger partial charge in [0.15, 0.2) is 0 Å². The smallest absolute Gasteiger partial charge is 0.125 e. The number of benzene rings is 1. The van der Waals surface area contributed by atoms with E-state index in [1.165, 1.54) is 12.1 Å². The quantitative estimate of drug-likeness (QED) is 0.763. The van der Waals surface area contributed by atoms with E-state index >= 15 is 0 Å². The van der Waals surface area contributed by atoms with Crippen LogP contribution in [0.15, 0.2) is 18.2 Å². The standard InChI is InChI=1S/C10H12FN3/c1-6(5-12)10-13-8-3-2-7(11)4-9(8)14-10/h2-4,6H,5,12H2,1H3,(H,13,14). The lowest BCUT2D eigenvalue weighted by atomic mass is 10.2. The van der Waals surface area contributed by atoms with E-state index in [0.29, 0.717) is 6.54 Å². The number of hydrogen-bond donors (Lipinski definition) is 2. The molecule has 0 saturated heterocycles. The maximum absolute atomic E-state index is 12.9. The molecule has 3 nitrogen and oxygen atoms in total. The van der Waals surface area contributed by atoms with Gasteiger partial charge in [-0.1, -0.05) is 6.92 Å². The number of imidazole rings is 1. The summed E-state index contributed by atoms with van der Waals surface area (Å²) in [6.07, 6.45) is 0. The molecule has 0 bridgehead atoms. The topological polar surface area (TPSA) is 54.7 Å². The average molecular weight is 193 g/mol. The van der Waals surface area contributed by atoms with E-state index in [1.807, 2.05) is 6.92 Å². The van der Waals surface area contributed by atoms with Gasteiger partial charge in [-0.25, -0.2) is 9.37 Å². The van der Waals surface area contributed by atoms with Gasteiger partial charge in [-0.05, 0) is 18.2 Å². The second-order valence-corrected chi connectivity index (χ2v) is 3.42. The van der Waals surface area contributed by atoms with Crippen LogP contribution < -0.4 is 5.73 Å². The van der Waals surface area contributed by atoms with E-state index in [0.717, 1.165) is 16.9 Å². The number of rotatable bonds is 2. The summed E-state index contributed by atoms with van der Waals surface area (Å²) in [6, 6.07) is 4.50. The molecule has 1 atom stereocenters. The molecule has 0 aliphatic rings. The Kier molecular flexibility index (Phi) is 2.21. The Morgan fingerprint density at radius 3 is 3.07 bits per heavy atom. The summed E-state index contributed by atoms with van der Waals surface area (Å²) >= 11 is 0. The largest absolute Gasteiger partial charge is 0.342 e. The predicted molar refractivity (Wildman–Crippen MR) is 53.5 cm³/mol. The molecular formula is C10H12FN3. The number of nitrogens with two attached hydrogens (primary N) is 1. The summed E-state index contributed by atoms with van der Waals surface area (Å²) in [5, 5.41) is 0. The van der Waals surface area contributed by atoms with Gasteiger partial charge in [0.1, 0.15) is 11.6 Å². The maximum atomic E-state index is 12.9. The van der Waals surface area contributed by atoms with Crippen LogP contribution in [0.1, 0.15) is 18.7 Å². The Balaban J connectivity index is 2.51. The molecule has 1 aromatic carbocycles. The number of nitrogens with one attached hydrogen (secondary N) is 1. The Morgan fingerprint density at radius 1 is 1.57 bits per heavy atom. The highest BCUT2D eigenvalue weighted by molar-refractivity contribution is 5.75. The first-order valence-corrected chi connectivity index (χ1v) is 4.56. The molecule has 0 fully saturated rings. The molecule has 1 unspecified atom stereocenters. The number of nitrogens with zero attached hydrogens (tertiary/aromatic N) is 1. The first-order chi connectivity index (χ1) is 6.70. The SMILES string of the molecule is CC(CN)c1nc2ccc(F)cc2[nH]1. The number of aromatic amines is 1. The third kappa shape index (κ3) is 1.48. The van der Waals surface area contributed by atoms with Crippen molar-refractivity contribution in [2.24, 2.45) is 5.73 Å². The van der Waals surface area contributed by atoms with E-state index < -0.39 is 0 Å². The van der Waals surface area contributed by atoms with Crippen molar-refractivity contribution in [3.8, 4) is 0 Å². The normalized spacial score (nSPS) is 13.4. The molecular weight excluding hydrogens is 181 g/mol. The van der Waals surface area contributed by atoms with Gasteiger partial charge in [-0.2, -0.15) is 0 Å². The Hall–Kier alpha value is -1.42. The van der Waals surface area contributed by atoms with Gasteiger partial charge in [0.25, 0.3) is 0 Å². The van der Waals surface area contributed by atoms with Crippen molar-refractivity contribution in [1.82, 2.24) is 9.97 Å². The molecule has 0 aliphatic carbocycles. The molecule has 1 aromatic heterocycles. The lowest BCUT2D eigenvalue weighted by molar-refractivity contribution is 0.629. The second kappa shape index (κ2) is 3.38. The predicted octanol–water partition coefficient (Wildman–Crippen LogP) is 1.76. The Bertz CT molecular complexity index is 450. The summed E-state index contributed by atoms with van der Waals surface area (Å²) in [7, 11) is 0. The van der Waals surface area contributed by atoms with Crippen LogP contribution in [0.25, 0.3) is 11.0 Å². The molecule has 3 N–H and O–H groups in total. The van der Waals surface area contributed by atoms with Gasteiger partial charge >= 0.3 is 0 Å². The van der Waals surface area contributed by atoms with Gasteiger partial charge in [-0.3, -0.25) is 0 Å². The van der Waals surface area contributed by atoms with Gasteiger partial charge in [0, 0.05) is 12.5 Å². The monoisotopic (exact) mass is 193 g/mol. The molecule has 0 amide bonds. The molecule has 0 saturated carbocycles. The van der Waals surface area contributed by atoms with Crippen molar-refractivity contribution in [2.45, 2.75) is 12.8 Å². The fourth-order valence-corrected chi connectivity index (χ4v) is 1.35. The van der Waals surface area contributed by atoms with E-state index in [1.54, 1.807) is 6.07 Å². The zero-order chi connectivity index (χ0) is 10.1. The lowest BCUT2D eigenvalue weighted by Crippen LogP contribution is -2.10. The minimum atomic E-state index is -0.256. The van der Waals surface area contributed by atoms with E-state index in [4.69, 9.17) is 5.73 Å². The molecule has 14 heavy (non-hydrogen) atoms. The zero-order valence-electron chi connectivity index (χ0n) is 7.92. The van der Waals surface area contributed by atoms with Crippen LogP contribution in [0.5, 0.6) is 0 Å². The summed E-state index contributed by atoms with van der Waals surface area (Å²) in [5.74, 6) is 0.728. The first kappa shape index (κ1) is 9.15. The highest BCUT2D eigenvalue weighted by atomic mass is 19.1. The van der Waals surface area contributed by atoms with Gasteiger partial charge in [0.05, 0.1) is 11.0 Å². The summed E-state index contributed by atoms with van der Waals surface area (Å²) in [4.78, 5) is 7.38. The average Bonchev–Trinajstić information content (AvgIpc) is 2.59. The number of halogens is 1. The third-order valence-electron chi connectivity index (χ3n) is 2.28. The fraction of sp³-hybridized carbons (Fsp3) is 0.300. The van der Waals surface area contributed by atoms with Crippen LogP contribution in [0.4, 0.5) is 4.39 Å². The minimum Gasteiger partial charge on any atom is -0.342 e. The van der Waals surface area contributed by atoms with Crippen molar-refractivity contribution in [2.75, 3.05) is 6.54 Å². The molecule has 2 rings (SSSR count). The molecule has 4 heteroatoms. The van der Waals surface area contributed by atoms with Gasteiger partial charge in [-0.15, -0.1) is 0 Å². The molecule has 74 valence electrons. The lowest BCUT2D eigenvalue weighted by Gasteiger charge is -2.01. The van der Waals surface area contributed by atoms with Crippen LogP contribution in [-0.4, -0.2) is 16.5 Å². The first-order valence-electron chi connectivity index (χ1n) is 4.56. The zero-order valence-corrected chi connectivity index (χ0v) is 7.92. The van der Waals surface area contributed by atoms with E-state index in [9.17, 15) is 4.39 Å². The van der Waals surface area contributed by atoms with E-state index in [2.05, 4.69) is 9.97 Å². The van der Waals surface area contributed by atoms with Crippen molar-refractivity contribution >= 4 is 11.0 Å². The van der Waals surface area contributed by atoms with Crippen LogP contribution in [0, 0.1) is 5.82 Å². The number of H-pyrrole nitrogens is 1. The van der Waals surface area contributed by atoms with Crippen molar-refractivity contribution < 1.29 is 4.39 Å². The highest BCUT2D eigenvalue weighted by Gasteiger charge is 2.08. The van der Waals surface area contributed by atoms with Crippen molar-refractivity contribution in [3.63, 3.8) is 0 Å². The van der Waals surface area contributed by atoms with Crippen molar-refractivity contribution in [1.29, 1.82) is 0 Å². The number of aromatic nitrogens is 2. The second-order valence-electron chi connectivity index (χ2n) is 3.42.